The van der Waals surface area contributed by atoms with Gasteiger partial charge in [0, 0.05) is 153 Å². The van der Waals surface area contributed by atoms with Crippen LogP contribution in [0, 0.1) is 23.7 Å². The first-order valence-corrected chi connectivity index (χ1v) is 38.7. The van der Waals surface area contributed by atoms with Crippen molar-refractivity contribution in [2.45, 2.75) is 214 Å². The summed E-state index contributed by atoms with van der Waals surface area (Å²) >= 11 is 0. The molecule has 4 N–H and O–H groups in total. The lowest BCUT2D eigenvalue weighted by Crippen LogP contribution is -2.46. The van der Waals surface area contributed by atoms with Crippen molar-refractivity contribution >= 4 is 58.8 Å². The molecule has 0 rings (SSSR count). The summed E-state index contributed by atoms with van der Waals surface area (Å²) in [6.07, 6.45) is 6.71. The van der Waals surface area contributed by atoms with Crippen LogP contribution in [0.1, 0.15) is 190 Å². The quantitative estimate of drug-likeness (QED) is 0.0328. The smallest absolute Gasteiger partial charge is 0.374 e. The number of carbonyl (C=O) groups excluding carboxylic acids is 4. The van der Waals surface area contributed by atoms with E-state index in [-0.39, 0.29) is 47.3 Å². The number of hydrogen-bond acceptors (Lipinski definition) is 16. The molecular formula is C56H124N4O16Si4. The van der Waals surface area contributed by atoms with E-state index in [2.05, 4.69) is 21.3 Å². The van der Waals surface area contributed by atoms with E-state index in [1.165, 1.54) is 0 Å². The van der Waals surface area contributed by atoms with Gasteiger partial charge in [0.15, 0.2) is 0 Å². The van der Waals surface area contributed by atoms with E-state index >= 15 is 0 Å². The van der Waals surface area contributed by atoms with E-state index in [1.54, 1.807) is 0 Å². The van der Waals surface area contributed by atoms with Crippen LogP contribution in [0.4, 0.5) is 0 Å². The highest BCUT2D eigenvalue weighted by molar-refractivity contribution is 6.61. The van der Waals surface area contributed by atoms with Crippen LogP contribution < -0.4 is 21.3 Å². The second-order valence-electron chi connectivity index (χ2n) is 18.7. The molecule has 0 aliphatic heterocycles. The van der Waals surface area contributed by atoms with Crippen LogP contribution in [0.3, 0.4) is 0 Å². The zero-order valence-corrected chi connectivity index (χ0v) is 58.6. The number of hydrogen-bond donors (Lipinski definition) is 4. The van der Waals surface area contributed by atoms with E-state index in [1.807, 2.05) is 138 Å². The van der Waals surface area contributed by atoms with Crippen molar-refractivity contribution in [3.63, 3.8) is 0 Å². The Bertz CT molecular complexity index is 1190. The van der Waals surface area contributed by atoms with Gasteiger partial charge in [-0.3, -0.25) is 19.2 Å². The third kappa shape index (κ3) is 41.3. The van der Waals surface area contributed by atoms with Gasteiger partial charge in [-0.2, -0.15) is 0 Å². The summed E-state index contributed by atoms with van der Waals surface area (Å²) < 4.78 is 69.2. The molecular weight excluding hydrogens is 1100 g/mol. The maximum atomic E-state index is 11.7. The van der Waals surface area contributed by atoms with E-state index < -0.39 is 35.2 Å². The highest BCUT2D eigenvalue weighted by atomic mass is 28.4. The Hall–Kier alpha value is -1.73. The van der Waals surface area contributed by atoms with Gasteiger partial charge in [0.05, 0.1) is 0 Å². The fourth-order valence-electron chi connectivity index (χ4n) is 7.51. The van der Waals surface area contributed by atoms with Crippen LogP contribution in [-0.4, -0.2) is 164 Å². The van der Waals surface area contributed by atoms with Crippen molar-refractivity contribution in [1.29, 1.82) is 0 Å². The van der Waals surface area contributed by atoms with Crippen LogP contribution in [0.5, 0.6) is 0 Å². The normalized spacial score (nSPS) is 13.2. The van der Waals surface area contributed by atoms with Gasteiger partial charge in [-0.15, -0.1) is 0 Å². The first kappa shape index (κ1) is 84.7. The topological polar surface area (TPSA) is 227 Å². The predicted molar refractivity (Wildman–Crippen MR) is 330 cm³/mol. The Morgan fingerprint density at radius 2 is 0.388 bits per heavy atom. The van der Waals surface area contributed by atoms with Gasteiger partial charge < -0.3 is 74.4 Å². The Labute approximate surface area is 493 Å². The fourth-order valence-corrected chi connectivity index (χ4v) is 18.0. The Balaban J connectivity index is -0.000000481. The third-order valence-electron chi connectivity index (χ3n) is 12.4. The average molecular weight is 1220 g/mol. The molecule has 0 radical (unpaired) electrons. The van der Waals surface area contributed by atoms with E-state index in [0.717, 1.165) is 75.5 Å². The van der Waals surface area contributed by atoms with Gasteiger partial charge in [-0.25, -0.2) is 0 Å². The second-order valence-corrected chi connectivity index (χ2v) is 29.7. The van der Waals surface area contributed by atoms with Gasteiger partial charge in [0.2, 0.25) is 23.6 Å². The average Bonchev–Trinajstić information content (AvgIpc) is 3.43. The summed E-state index contributed by atoms with van der Waals surface area (Å²) in [5.41, 5.74) is 0. The molecule has 0 saturated carbocycles. The summed E-state index contributed by atoms with van der Waals surface area (Å²) in [7, 11) is -10.2. The van der Waals surface area contributed by atoms with E-state index in [4.69, 9.17) is 53.1 Å². The molecule has 24 heteroatoms. The summed E-state index contributed by atoms with van der Waals surface area (Å²) in [5.74, 6) is 0.747. The Kier molecular flexibility index (Phi) is 58.4. The number of amides is 4. The lowest BCUT2D eigenvalue weighted by atomic mass is 10.1. The first-order valence-electron chi connectivity index (χ1n) is 31.0. The van der Waals surface area contributed by atoms with Crippen molar-refractivity contribution in [1.82, 2.24) is 21.3 Å². The lowest BCUT2D eigenvalue weighted by Gasteiger charge is -2.28. The SMILES string of the molecule is CCO[Si](CCCNC(=O)C(C)CC)(OCC)OCC.CCO[Si](CCCNC(=O)C(C)CC)(OCC)OCC.CCO[Si](CCCNC(=O)C(C)CC)(OCC)OCC.CCO[Si](CCCNC(=O)C(C)CC)(OCC)OCC. The maximum Gasteiger partial charge on any atom is 0.500 e. The van der Waals surface area contributed by atoms with Crippen molar-refractivity contribution in [2.75, 3.05) is 105 Å². The zero-order valence-electron chi connectivity index (χ0n) is 54.6. The van der Waals surface area contributed by atoms with Gasteiger partial charge in [-0.05, 0) is 134 Å². The molecule has 0 aromatic carbocycles. The third-order valence-corrected chi connectivity index (χ3v) is 25.1. The molecule has 0 fully saturated rings. The van der Waals surface area contributed by atoms with Gasteiger partial charge in [0.25, 0.3) is 0 Å². The standard InChI is InChI=1S/4C14H31NO4Si/c4*1-6-13(5)14(16)15-11-10-12-20(17-7-2,18-8-3)19-9-4/h4*13H,6-12H2,1-5H3,(H,15,16). The van der Waals surface area contributed by atoms with Crippen LogP contribution in [0.25, 0.3) is 0 Å². The molecule has 0 spiro atoms. The van der Waals surface area contributed by atoms with Gasteiger partial charge in [-0.1, -0.05) is 55.4 Å². The molecule has 0 bridgehead atoms. The lowest BCUT2D eigenvalue weighted by molar-refractivity contribution is -0.125. The molecule has 0 aromatic rings. The molecule has 0 aliphatic rings. The minimum absolute atomic E-state index is 0.0719. The van der Waals surface area contributed by atoms with Crippen molar-refractivity contribution in [3.8, 4) is 0 Å². The Morgan fingerprint density at radius 3 is 0.487 bits per heavy atom. The van der Waals surface area contributed by atoms with Crippen LogP contribution in [0.2, 0.25) is 24.2 Å². The molecule has 4 unspecified atom stereocenters. The molecule has 4 atom stereocenters. The molecule has 0 saturated heterocycles. The highest BCUT2D eigenvalue weighted by Gasteiger charge is 2.42. The van der Waals surface area contributed by atoms with Crippen LogP contribution in [0.15, 0.2) is 0 Å². The fraction of sp³-hybridized carbons (Fsp3) is 0.929. The zero-order chi connectivity index (χ0) is 61.7. The summed E-state index contributed by atoms with van der Waals surface area (Å²) in [6.45, 7) is 48.8. The summed E-state index contributed by atoms with van der Waals surface area (Å²) in [5, 5.41) is 11.8. The minimum Gasteiger partial charge on any atom is -0.374 e. The number of rotatable bonds is 48. The van der Waals surface area contributed by atoms with Crippen molar-refractivity contribution < 1.29 is 72.3 Å². The predicted octanol–water partition coefficient (Wildman–Crippen LogP) is 10.3. The van der Waals surface area contributed by atoms with Crippen LogP contribution in [-0.2, 0) is 72.3 Å². The number of nitrogens with one attached hydrogen (secondary N) is 4. The molecule has 80 heavy (non-hydrogen) atoms. The molecule has 0 aromatic heterocycles. The first-order chi connectivity index (χ1) is 38.2. The molecule has 20 nitrogen and oxygen atoms in total. The van der Waals surface area contributed by atoms with Gasteiger partial charge in [0.1, 0.15) is 0 Å². The minimum atomic E-state index is -2.55. The molecule has 480 valence electrons. The monoisotopic (exact) mass is 1220 g/mol. The Morgan fingerprint density at radius 1 is 0.263 bits per heavy atom. The van der Waals surface area contributed by atoms with Gasteiger partial charge >= 0.3 is 35.2 Å². The van der Waals surface area contributed by atoms with Crippen LogP contribution >= 0.6 is 0 Å². The molecule has 0 aliphatic carbocycles. The molecule has 4 amide bonds. The van der Waals surface area contributed by atoms with Crippen molar-refractivity contribution in [2.24, 2.45) is 23.7 Å². The largest absolute Gasteiger partial charge is 0.500 e. The maximum absolute atomic E-state index is 11.7. The summed E-state index contributed by atoms with van der Waals surface area (Å²) in [6, 6.07) is 2.96. The number of carbonyl (C=O) groups is 4. The van der Waals surface area contributed by atoms with E-state index in [9.17, 15) is 19.2 Å². The highest BCUT2D eigenvalue weighted by Crippen LogP contribution is 2.21. The second kappa shape index (κ2) is 55.2. The van der Waals surface area contributed by atoms with Crippen molar-refractivity contribution in [3.05, 3.63) is 0 Å². The summed E-state index contributed by atoms with van der Waals surface area (Å²) in [4.78, 5) is 46.7. The van der Waals surface area contributed by atoms with E-state index in [0.29, 0.717) is 105 Å². The molecule has 0 heterocycles.